The van der Waals surface area contributed by atoms with Crippen LogP contribution in [0.4, 0.5) is 19.0 Å². The Labute approximate surface area is 132 Å². The molecule has 3 rings (SSSR count). The summed E-state index contributed by atoms with van der Waals surface area (Å²) in [7, 11) is 0. The standard InChI is InChI=1S/C13H9F3N4O4/c14-13(15,16)24-7-3-1-2-6(4-7)23-12-19-9-10(20-12)18-8(21)5-17-11(9)22/h1-4H,5H2,(H,17,22)(H,18,21)(H,19,20). The number of nitrogens with one attached hydrogen (secondary N) is 3. The van der Waals surface area contributed by atoms with E-state index in [9.17, 15) is 22.8 Å². The van der Waals surface area contributed by atoms with E-state index in [4.69, 9.17) is 4.74 Å². The molecule has 24 heavy (non-hydrogen) atoms. The van der Waals surface area contributed by atoms with Gasteiger partial charge in [0, 0.05) is 6.07 Å². The molecule has 0 bridgehead atoms. The Bertz CT molecular complexity index is 803. The number of carbonyl (C=O) groups excluding carboxylic acids is 2. The first kappa shape index (κ1) is 15.6. The molecule has 1 aromatic heterocycles. The van der Waals surface area contributed by atoms with Gasteiger partial charge in [0.25, 0.3) is 5.91 Å². The summed E-state index contributed by atoms with van der Waals surface area (Å²) in [4.78, 5) is 29.6. The second kappa shape index (κ2) is 5.76. The van der Waals surface area contributed by atoms with Crippen molar-refractivity contribution in [1.82, 2.24) is 15.3 Å². The normalized spacial score (nSPS) is 14.3. The highest BCUT2D eigenvalue weighted by Crippen LogP contribution is 2.29. The number of anilines is 1. The highest BCUT2D eigenvalue weighted by Gasteiger charge is 2.31. The van der Waals surface area contributed by atoms with E-state index in [0.29, 0.717) is 0 Å². The first-order chi connectivity index (χ1) is 11.3. The monoisotopic (exact) mass is 342 g/mol. The van der Waals surface area contributed by atoms with Crippen LogP contribution in [0.2, 0.25) is 0 Å². The molecule has 0 aliphatic carbocycles. The van der Waals surface area contributed by atoms with E-state index >= 15 is 0 Å². The summed E-state index contributed by atoms with van der Waals surface area (Å²) >= 11 is 0. The fourth-order valence-electron chi connectivity index (χ4n) is 1.93. The predicted molar refractivity (Wildman–Crippen MR) is 72.7 cm³/mol. The van der Waals surface area contributed by atoms with E-state index in [-0.39, 0.29) is 29.8 Å². The van der Waals surface area contributed by atoms with Gasteiger partial charge in [-0.25, -0.2) is 0 Å². The van der Waals surface area contributed by atoms with E-state index in [2.05, 4.69) is 25.3 Å². The third kappa shape index (κ3) is 3.56. The fraction of sp³-hybridized carbons (Fsp3) is 0.154. The molecule has 0 saturated heterocycles. The molecule has 0 atom stereocenters. The van der Waals surface area contributed by atoms with Crippen molar-refractivity contribution >= 4 is 17.6 Å². The number of ether oxygens (including phenoxy) is 2. The Balaban J connectivity index is 1.81. The van der Waals surface area contributed by atoms with E-state index < -0.39 is 23.9 Å². The van der Waals surface area contributed by atoms with Crippen molar-refractivity contribution < 1.29 is 32.2 Å². The van der Waals surface area contributed by atoms with Gasteiger partial charge in [-0.15, -0.1) is 13.2 Å². The van der Waals surface area contributed by atoms with E-state index in [1.807, 2.05) is 0 Å². The number of aromatic amines is 1. The van der Waals surface area contributed by atoms with Crippen molar-refractivity contribution in [3.8, 4) is 17.5 Å². The zero-order valence-corrected chi connectivity index (χ0v) is 11.7. The Kier molecular flexibility index (Phi) is 3.75. The summed E-state index contributed by atoms with van der Waals surface area (Å²) in [6.45, 7) is -0.198. The molecule has 0 fully saturated rings. The van der Waals surface area contributed by atoms with E-state index in [1.165, 1.54) is 12.1 Å². The first-order valence-electron chi connectivity index (χ1n) is 6.52. The van der Waals surface area contributed by atoms with Crippen LogP contribution in [0.3, 0.4) is 0 Å². The molecule has 11 heteroatoms. The summed E-state index contributed by atoms with van der Waals surface area (Å²) in [5, 5.41) is 4.72. The topological polar surface area (TPSA) is 105 Å². The van der Waals surface area contributed by atoms with Crippen LogP contribution >= 0.6 is 0 Å². The summed E-state index contributed by atoms with van der Waals surface area (Å²) in [6.07, 6.45) is -4.83. The Hall–Kier alpha value is -3.24. The minimum absolute atomic E-state index is 0.00704. The zero-order chi connectivity index (χ0) is 17.3. The lowest BCUT2D eigenvalue weighted by Gasteiger charge is -2.09. The molecule has 2 amide bonds. The molecule has 3 N–H and O–H groups in total. The lowest BCUT2D eigenvalue weighted by atomic mass is 10.3. The molecule has 1 aromatic carbocycles. The van der Waals surface area contributed by atoms with Gasteiger partial charge in [0.2, 0.25) is 5.91 Å². The number of nitrogens with zero attached hydrogens (tertiary/aromatic N) is 1. The van der Waals surface area contributed by atoms with Crippen molar-refractivity contribution in [2.24, 2.45) is 0 Å². The van der Waals surface area contributed by atoms with Crippen molar-refractivity contribution in [3.05, 3.63) is 30.0 Å². The molecule has 8 nitrogen and oxygen atoms in total. The molecule has 126 valence electrons. The van der Waals surface area contributed by atoms with Crippen LogP contribution in [0.25, 0.3) is 0 Å². The second-order valence-electron chi connectivity index (χ2n) is 4.62. The summed E-state index contributed by atoms with van der Waals surface area (Å²) in [5.41, 5.74) is -0.0291. The molecule has 0 unspecified atom stereocenters. The number of hydrogen-bond donors (Lipinski definition) is 3. The minimum atomic E-state index is -4.83. The van der Waals surface area contributed by atoms with Crippen LogP contribution in [0.1, 0.15) is 10.5 Å². The van der Waals surface area contributed by atoms with Crippen LogP contribution in [-0.4, -0.2) is 34.7 Å². The van der Waals surface area contributed by atoms with Crippen LogP contribution in [-0.2, 0) is 4.79 Å². The molecular formula is C13H9F3N4O4. The number of carbonyl (C=O) groups is 2. The molecule has 0 radical (unpaired) electrons. The zero-order valence-electron chi connectivity index (χ0n) is 11.7. The smallest absolute Gasteiger partial charge is 0.425 e. The third-order valence-electron chi connectivity index (χ3n) is 2.83. The molecular weight excluding hydrogens is 333 g/mol. The minimum Gasteiger partial charge on any atom is -0.425 e. The Morgan fingerprint density at radius 2 is 1.92 bits per heavy atom. The SMILES string of the molecule is O=C1CNC(=O)c2[nH]c(Oc3cccc(OC(F)(F)F)c3)nc2N1. The molecule has 1 aliphatic heterocycles. The van der Waals surface area contributed by atoms with E-state index in [0.717, 1.165) is 12.1 Å². The number of hydrogen-bond acceptors (Lipinski definition) is 5. The van der Waals surface area contributed by atoms with E-state index in [1.54, 1.807) is 0 Å². The quantitative estimate of drug-likeness (QED) is 0.789. The van der Waals surface area contributed by atoms with Gasteiger partial charge in [-0.05, 0) is 12.1 Å². The lowest BCUT2D eigenvalue weighted by molar-refractivity contribution is -0.274. The van der Waals surface area contributed by atoms with Gasteiger partial charge in [0.05, 0.1) is 6.54 Å². The summed E-state index contributed by atoms with van der Waals surface area (Å²) in [5.74, 6) is -1.56. The van der Waals surface area contributed by atoms with Gasteiger partial charge in [0.15, 0.2) is 11.5 Å². The maximum Gasteiger partial charge on any atom is 0.573 e. The first-order valence-corrected chi connectivity index (χ1v) is 6.52. The predicted octanol–water partition coefficient (Wildman–Crippen LogP) is 1.78. The number of imidazole rings is 1. The number of fused-ring (bicyclic) bond motifs is 1. The summed E-state index contributed by atoms with van der Waals surface area (Å²) < 4.78 is 45.7. The number of benzene rings is 1. The highest BCUT2D eigenvalue weighted by molar-refractivity contribution is 6.06. The van der Waals surface area contributed by atoms with Crippen molar-refractivity contribution in [1.29, 1.82) is 0 Å². The average Bonchev–Trinajstić information content (AvgIpc) is 2.80. The molecule has 2 aromatic rings. The molecule has 0 saturated carbocycles. The number of alkyl halides is 3. The van der Waals surface area contributed by atoms with Gasteiger partial charge >= 0.3 is 12.4 Å². The lowest BCUT2D eigenvalue weighted by Crippen LogP contribution is -2.28. The maximum absolute atomic E-state index is 12.2. The van der Waals surface area contributed by atoms with Gasteiger partial charge < -0.3 is 25.1 Å². The number of H-pyrrole nitrogens is 1. The van der Waals surface area contributed by atoms with Gasteiger partial charge in [-0.2, -0.15) is 4.98 Å². The number of rotatable bonds is 3. The number of aromatic nitrogens is 2. The van der Waals surface area contributed by atoms with Gasteiger partial charge in [-0.3, -0.25) is 9.59 Å². The third-order valence-corrected chi connectivity index (χ3v) is 2.83. The highest BCUT2D eigenvalue weighted by atomic mass is 19.4. The molecule has 2 heterocycles. The second-order valence-corrected chi connectivity index (χ2v) is 4.62. The number of amides is 2. The maximum atomic E-state index is 12.2. The Morgan fingerprint density at radius 3 is 2.67 bits per heavy atom. The largest absolute Gasteiger partial charge is 0.573 e. The van der Waals surface area contributed by atoms with Crippen molar-refractivity contribution in [2.45, 2.75) is 6.36 Å². The molecule has 0 spiro atoms. The van der Waals surface area contributed by atoms with Crippen LogP contribution in [0.5, 0.6) is 17.5 Å². The van der Waals surface area contributed by atoms with Crippen LogP contribution in [0.15, 0.2) is 24.3 Å². The van der Waals surface area contributed by atoms with Crippen molar-refractivity contribution in [3.63, 3.8) is 0 Å². The van der Waals surface area contributed by atoms with Gasteiger partial charge in [0.1, 0.15) is 11.5 Å². The fourth-order valence-corrected chi connectivity index (χ4v) is 1.93. The van der Waals surface area contributed by atoms with Crippen LogP contribution in [0, 0.1) is 0 Å². The summed E-state index contributed by atoms with van der Waals surface area (Å²) in [6, 6.07) is 4.58. The van der Waals surface area contributed by atoms with Crippen molar-refractivity contribution in [2.75, 3.05) is 11.9 Å². The molecule has 1 aliphatic rings. The van der Waals surface area contributed by atoms with Crippen LogP contribution < -0.4 is 20.1 Å². The Morgan fingerprint density at radius 1 is 1.17 bits per heavy atom. The average molecular weight is 342 g/mol. The van der Waals surface area contributed by atoms with Gasteiger partial charge in [-0.1, -0.05) is 6.07 Å². The number of halogens is 3.